The molecule has 0 radical (unpaired) electrons. The molecule has 1 saturated heterocycles. The molecule has 1 fully saturated rings. The van der Waals surface area contributed by atoms with Crippen molar-refractivity contribution < 1.29 is 18.7 Å². The Morgan fingerprint density at radius 3 is 2.96 bits per heavy atom. The van der Waals surface area contributed by atoms with Gasteiger partial charge in [0.1, 0.15) is 6.26 Å². The van der Waals surface area contributed by atoms with Gasteiger partial charge >= 0.3 is 0 Å². The molecule has 4 rings (SSSR count). The topological polar surface area (TPSA) is 69.7 Å². The molecule has 4 heterocycles. The second kappa shape index (κ2) is 7.63. The number of hydrogen-bond acceptors (Lipinski definition) is 5. The minimum Gasteiger partial charge on any atom is -0.472 e. The minimum absolute atomic E-state index is 0.0114. The van der Waals surface area contributed by atoms with Crippen molar-refractivity contribution in [1.29, 1.82) is 0 Å². The number of carbonyl (C=O) groups excluding carboxylic acids is 1. The number of amides is 1. The smallest absolute Gasteiger partial charge is 0.257 e. The number of hydrogen-bond donors (Lipinski definition) is 0. The van der Waals surface area contributed by atoms with Gasteiger partial charge in [0.15, 0.2) is 0 Å². The predicted octanol–water partition coefficient (Wildman–Crippen LogP) is 2.29. The Morgan fingerprint density at radius 1 is 1.38 bits per heavy atom. The van der Waals surface area contributed by atoms with Crippen LogP contribution >= 0.6 is 0 Å². The zero-order valence-corrected chi connectivity index (χ0v) is 15.1. The highest BCUT2D eigenvalue weighted by atomic mass is 16.5. The number of fused-ring (bicyclic) bond motifs is 1. The Hall–Kier alpha value is -2.12. The normalized spacial score (nSPS) is 21.0. The first-order chi connectivity index (χ1) is 12.8. The quantitative estimate of drug-likeness (QED) is 0.819. The molecule has 0 N–H and O–H groups in total. The Labute approximate surface area is 152 Å². The zero-order chi connectivity index (χ0) is 17.9. The van der Waals surface area contributed by atoms with Gasteiger partial charge in [-0.3, -0.25) is 9.48 Å². The largest absolute Gasteiger partial charge is 0.472 e. The van der Waals surface area contributed by atoms with Crippen LogP contribution in [0.15, 0.2) is 29.2 Å². The molecular formula is C19H25N3O4. The maximum Gasteiger partial charge on any atom is 0.257 e. The fraction of sp³-hybridized carbons (Fsp3) is 0.579. The van der Waals surface area contributed by atoms with Gasteiger partial charge in [0.05, 0.1) is 30.3 Å². The third-order valence-electron chi connectivity index (χ3n) is 5.34. The lowest BCUT2D eigenvalue weighted by Gasteiger charge is -2.33. The summed E-state index contributed by atoms with van der Waals surface area (Å²) in [5.74, 6) is 0.714. The van der Waals surface area contributed by atoms with E-state index in [1.165, 1.54) is 18.2 Å². The van der Waals surface area contributed by atoms with Gasteiger partial charge in [-0.1, -0.05) is 0 Å². The van der Waals surface area contributed by atoms with Gasteiger partial charge in [0.25, 0.3) is 5.91 Å². The SMILES string of the molecule is COC[C@@H]1CN(C(=O)c2ccoc2)Cc2cnn(CC3CCOCC3)c21. The lowest BCUT2D eigenvalue weighted by Crippen LogP contribution is -2.40. The van der Waals surface area contributed by atoms with Crippen molar-refractivity contribution in [1.82, 2.24) is 14.7 Å². The number of methoxy groups -OCH3 is 1. The molecule has 7 heteroatoms. The number of carbonyl (C=O) groups is 1. The van der Waals surface area contributed by atoms with E-state index in [-0.39, 0.29) is 11.8 Å². The predicted molar refractivity (Wildman–Crippen MR) is 93.8 cm³/mol. The number of aromatic nitrogens is 2. The van der Waals surface area contributed by atoms with Crippen molar-refractivity contribution in [2.75, 3.05) is 33.5 Å². The monoisotopic (exact) mass is 359 g/mol. The van der Waals surface area contributed by atoms with Gasteiger partial charge in [0, 0.05) is 51.4 Å². The summed E-state index contributed by atoms with van der Waals surface area (Å²) in [7, 11) is 1.70. The van der Waals surface area contributed by atoms with Gasteiger partial charge in [-0.2, -0.15) is 5.10 Å². The number of nitrogens with zero attached hydrogens (tertiary/aromatic N) is 3. The first-order valence-corrected chi connectivity index (χ1v) is 9.19. The van der Waals surface area contributed by atoms with Gasteiger partial charge in [-0.25, -0.2) is 0 Å². The summed E-state index contributed by atoms with van der Waals surface area (Å²) in [5.41, 5.74) is 2.91. The van der Waals surface area contributed by atoms with E-state index in [4.69, 9.17) is 13.9 Å². The van der Waals surface area contributed by atoms with E-state index < -0.39 is 0 Å². The van der Waals surface area contributed by atoms with Crippen molar-refractivity contribution in [3.63, 3.8) is 0 Å². The van der Waals surface area contributed by atoms with E-state index in [0.29, 0.717) is 31.2 Å². The lowest BCUT2D eigenvalue weighted by atomic mass is 9.95. The molecule has 2 aromatic rings. The molecule has 2 aliphatic rings. The van der Waals surface area contributed by atoms with E-state index in [9.17, 15) is 4.79 Å². The van der Waals surface area contributed by atoms with E-state index in [0.717, 1.165) is 38.2 Å². The first-order valence-electron chi connectivity index (χ1n) is 9.19. The van der Waals surface area contributed by atoms with Crippen molar-refractivity contribution in [3.8, 4) is 0 Å². The fourth-order valence-corrected chi connectivity index (χ4v) is 4.03. The number of rotatable bonds is 5. The Balaban J connectivity index is 1.55. The standard InChI is InChI=1S/C19H25N3O4/c1-24-12-17-11-21(19(23)15-4-7-26-13-15)10-16-8-20-22(18(16)17)9-14-2-5-25-6-3-14/h4,7-8,13-14,17H,2-3,5-6,9-12H2,1H3/t17-/m0/s1. The molecule has 140 valence electrons. The summed E-state index contributed by atoms with van der Waals surface area (Å²) in [4.78, 5) is 14.6. The average molecular weight is 359 g/mol. The highest BCUT2D eigenvalue weighted by Crippen LogP contribution is 2.31. The summed E-state index contributed by atoms with van der Waals surface area (Å²) in [6, 6.07) is 1.71. The van der Waals surface area contributed by atoms with Gasteiger partial charge in [-0.15, -0.1) is 0 Å². The van der Waals surface area contributed by atoms with Crippen LogP contribution in [0.25, 0.3) is 0 Å². The van der Waals surface area contributed by atoms with E-state index in [1.54, 1.807) is 13.2 Å². The summed E-state index contributed by atoms with van der Waals surface area (Å²) in [6.45, 7) is 4.36. The van der Waals surface area contributed by atoms with Gasteiger partial charge in [-0.05, 0) is 24.8 Å². The van der Waals surface area contributed by atoms with Gasteiger partial charge < -0.3 is 18.8 Å². The summed E-state index contributed by atoms with van der Waals surface area (Å²) >= 11 is 0. The third kappa shape index (κ3) is 3.41. The zero-order valence-electron chi connectivity index (χ0n) is 15.1. The van der Waals surface area contributed by atoms with E-state index in [2.05, 4.69) is 9.78 Å². The van der Waals surface area contributed by atoms with Crippen LogP contribution in [0, 0.1) is 5.92 Å². The number of ether oxygens (including phenoxy) is 2. The summed E-state index contributed by atoms with van der Waals surface area (Å²) in [6.07, 6.45) is 7.09. The van der Waals surface area contributed by atoms with Crippen molar-refractivity contribution >= 4 is 5.91 Å². The van der Waals surface area contributed by atoms with Gasteiger partial charge in [0.2, 0.25) is 0 Å². The maximum atomic E-state index is 12.7. The van der Waals surface area contributed by atoms with Crippen LogP contribution in [0.3, 0.4) is 0 Å². The second-order valence-corrected chi connectivity index (χ2v) is 7.14. The maximum absolute atomic E-state index is 12.7. The molecule has 2 aromatic heterocycles. The lowest BCUT2D eigenvalue weighted by molar-refractivity contribution is 0.0580. The molecule has 0 saturated carbocycles. The Morgan fingerprint density at radius 2 is 2.23 bits per heavy atom. The van der Waals surface area contributed by atoms with Crippen LogP contribution in [0.4, 0.5) is 0 Å². The van der Waals surface area contributed by atoms with Crippen LogP contribution < -0.4 is 0 Å². The van der Waals surface area contributed by atoms with Crippen LogP contribution in [0.5, 0.6) is 0 Å². The molecular weight excluding hydrogens is 334 g/mol. The molecule has 0 aromatic carbocycles. The highest BCUT2D eigenvalue weighted by Gasteiger charge is 2.33. The van der Waals surface area contributed by atoms with Crippen LogP contribution in [0.2, 0.25) is 0 Å². The molecule has 7 nitrogen and oxygen atoms in total. The Bertz CT molecular complexity index is 734. The minimum atomic E-state index is -0.0114. The van der Waals surface area contributed by atoms with Crippen molar-refractivity contribution in [2.45, 2.75) is 31.8 Å². The molecule has 26 heavy (non-hydrogen) atoms. The molecule has 0 spiro atoms. The highest BCUT2D eigenvalue weighted by molar-refractivity contribution is 5.94. The molecule has 2 aliphatic heterocycles. The molecule has 1 atom stereocenters. The Kier molecular flexibility index (Phi) is 5.08. The number of furan rings is 1. The first kappa shape index (κ1) is 17.3. The average Bonchev–Trinajstić information content (AvgIpc) is 3.33. The summed E-state index contributed by atoms with van der Waals surface area (Å²) < 4.78 is 18.1. The fourth-order valence-electron chi connectivity index (χ4n) is 4.03. The van der Waals surface area contributed by atoms with Crippen LogP contribution in [0.1, 0.15) is 40.4 Å². The van der Waals surface area contributed by atoms with Crippen LogP contribution in [-0.4, -0.2) is 54.1 Å². The third-order valence-corrected chi connectivity index (χ3v) is 5.34. The molecule has 0 unspecified atom stereocenters. The van der Waals surface area contributed by atoms with E-state index in [1.807, 2.05) is 11.1 Å². The van der Waals surface area contributed by atoms with Crippen molar-refractivity contribution in [2.24, 2.45) is 5.92 Å². The van der Waals surface area contributed by atoms with E-state index >= 15 is 0 Å². The second-order valence-electron chi connectivity index (χ2n) is 7.14. The molecule has 1 amide bonds. The van der Waals surface area contributed by atoms with Crippen molar-refractivity contribution in [3.05, 3.63) is 41.6 Å². The molecule has 0 bridgehead atoms. The molecule has 0 aliphatic carbocycles. The van der Waals surface area contributed by atoms with Crippen LogP contribution in [-0.2, 0) is 22.6 Å². The summed E-state index contributed by atoms with van der Waals surface area (Å²) in [5, 5.41) is 4.64.